The van der Waals surface area contributed by atoms with E-state index in [2.05, 4.69) is 5.32 Å². The molecule has 1 atom stereocenters. The third kappa shape index (κ3) is 4.51. The Morgan fingerprint density at radius 2 is 1.57 bits per heavy atom. The Labute approximate surface area is 173 Å². The summed E-state index contributed by atoms with van der Waals surface area (Å²) in [7, 11) is 4.34. The molecule has 9 nitrogen and oxygen atoms in total. The van der Waals surface area contributed by atoms with Gasteiger partial charge in [0.1, 0.15) is 13.2 Å². The first-order valence-corrected chi connectivity index (χ1v) is 9.18. The van der Waals surface area contributed by atoms with Crippen LogP contribution in [0.1, 0.15) is 17.3 Å². The highest BCUT2D eigenvalue weighted by Crippen LogP contribution is 2.38. The van der Waals surface area contributed by atoms with Gasteiger partial charge in [-0.2, -0.15) is 0 Å². The minimum absolute atomic E-state index is 0.156. The molecule has 2 aromatic rings. The number of benzene rings is 2. The van der Waals surface area contributed by atoms with Crippen molar-refractivity contribution in [2.24, 2.45) is 0 Å². The average molecular weight is 417 g/mol. The lowest BCUT2D eigenvalue weighted by molar-refractivity contribution is -0.123. The standard InChI is InChI=1S/C21H23NO8/c1-12(20(23)22-14-5-6-15-16(11-14)29-8-7-28-15)30-21(24)13-9-17(25-2)19(27-4)18(10-13)26-3/h5-6,9-12H,7-8H2,1-4H3,(H,22,23)/t12-/m0/s1. The van der Waals surface area contributed by atoms with Crippen LogP contribution in [-0.4, -0.2) is 52.5 Å². The summed E-state index contributed by atoms with van der Waals surface area (Å²) in [6.07, 6.45) is -1.05. The minimum atomic E-state index is -1.05. The Bertz CT molecular complexity index is 918. The van der Waals surface area contributed by atoms with Gasteiger partial charge in [-0.25, -0.2) is 4.79 Å². The maximum Gasteiger partial charge on any atom is 0.339 e. The van der Waals surface area contributed by atoms with Gasteiger partial charge >= 0.3 is 5.97 Å². The molecule has 1 aliphatic rings. The highest BCUT2D eigenvalue weighted by molar-refractivity contribution is 5.98. The fourth-order valence-corrected chi connectivity index (χ4v) is 2.85. The number of fused-ring (bicyclic) bond motifs is 1. The van der Waals surface area contributed by atoms with Crippen LogP contribution in [0.2, 0.25) is 0 Å². The number of ether oxygens (including phenoxy) is 6. The number of esters is 1. The lowest BCUT2D eigenvalue weighted by atomic mass is 10.2. The van der Waals surface area contributed by atoms with Crippen molar-refractivity contribution >= 4 is 17.6 Å². The fraction of sp³-hybridized carbons (Fsp3) is 0.333. The maximum absolute atomic E-state index is 12.5. The Hall–Kier alpha value is -3.62. The first-order chi connectivity index (χ1) is 14.5. The van der Waals surface area contributed by atoms with Crippen molar-refractivity contribution in [3.8, 4) is 28.7 Å². The van der Waals surface area contributed by atoms with E-state index in [0.717, 1.165) is 0 Å². The van der Waals surface area contributed by atoms with Gasteiger partial charge in [0, 0.05) is 11.8 Å². The predicted octanol–water partition coefficient (Wildman–Crippen LogP) is 2.67. The van der Waals surface area contributed by atoms with Crippen molar-refractivity contribution in [3.63, 3.8) is 0 Å². The van der Waals surface area contributed by atoms with Gasteiger partial charge < -0.3 is 33.7 Å². The van der Waals surface area contributed by atoms with Crippen LogP contribution in [0.15, 0.2) is 30.3 Å². The molecule has 0 aromatic heterocycles. The zero-order valence-electron chi connectivity index (χ0n) is 17.1. The van der Waals surface area contributed by atoms with Crippen molar-refractivity contribution in [1.82, 2.24) is 0 Å². The molecule has 0 saturated carbocycles. The number of hydrogen-bond donors (Lipinski definition) is 1. The number of hydrogen-bond acceptors (Lipinski definition) is 8. The number of nitrogens with one attached hydrogen (secondary N) is 1. The van der Waals surface area contributed by atoms with Crippen LogP contribution in [0, 0.1) is 0 Å². The molecule has 0 saturated heterocycles. The third-order valence-corrected chi connectivity index (χ3v) is 4.36. The lowest BCUT2D eigenvalue weighted by Crippen LogP contribution is -2.30. The van der Waals surface area contributed by atoms with Gasteiger partial charge in [-0.05, 0) is 31.2 Å². The molecule has 160 valence electrons. The van der Waals surface area contributed by atoms with Crippen LogP contribution >= 0.6 is 0 Å². The SMILES string of the molecule is COc1cc(C(=O)O[C@@H](C)C(=O)Nc2ccc3c(c2)OCCO3)cc(OC)c1OC. The molecule has 1 N–H and O–H groups in total. The van der Waals surface area contributed by atoms with E-state index in [0.29, 0.717) is 47.6 Å². The first kappa shape index (κ1) is 21.1. The molecule has 2 aromatic carbocycles. The molecule has 0 radical (unpaired) electrons. The fourth-order valence-electron chi connectivity index (χ4n) is 2.85. The smallest absolute Gasteiger partial charge is 0.339 e. The largest absolute Gasteiger partial charge is 0.493 e. The van der Waals surface area contributed by atoms with E-state index in [-0.39, 0.29) is 5.56 Å². The van der Waals surface area contributed by atoms with Crippen LogP contribution < -0.4 is 29.0 Å². The normalized spacial score (nSPS) is 13.1. The van der Waals surface area contributed by atoms with Crippen LogP contribution in [0.4, 0.5) is 5.69 Å². The van der Waals surface area contributed by atoms with Crippen molar-refractivity contribution in [2.45, 2.75) is 13.0 Å². The molecular formula is C21H23NO8. The zero-order chi connectivity index (χ0) is 21.7. The van der Waals surface area contributed by atoms with E-state index < -0.39 is 18.0 Å². The van der Waals surface area contributed by atoms with Crippen molar-refractivity contribution < 1.29 is 38.0 Å². The van der Waals surface area contributed by atoms with E-state index >= 15 is 0 Å². The summed E-state index contributed by atoms with van der Waals surface area (Å²) < 4.78 is 31.9. The number of anilines is 1. The molecule has 1 aliphatic heterocycles. The van der Waals surface area contributed by atoms with Crippen molar-refractivity contribution in [3.05, 3.63) is 35.9 Å². The Morgan fingerprint density at radius 1 is 0.933 bits per heavy atom. The van der Waals surface area contributed by atoms with Gasteiger partial charge in [0.25, 0.3) is 5.91 Å². The summed E-state index contributed by atoms with van der Waals surface area (Å²) in [6, 6.07) is 7.94. The van der Waals surface area contributed by atoms with Gasteiger partial charge in [-0.1, -0.05) is 0 Å². The van der Waals surface area contributed by atoms with E-state index in [9.17, 15) is 9.59 Å². The first-order valence-electron chi connectivity index (χ1n) is 9.18. The summed E-state index contributed by atoms with van der Waals surface area (Å²) in [6.45, 7) is 2.39. The number of methoxy groups -OCH3 is 3. The molecule has 0 unspecified atom stereocenters. The molecule has 30 heavy (non-hydrogen) atoms. The molecular weight excluding hydrogens is 394 g/mol. The van der Waals surface area contributed by atoms with Gasteiger partial charge in [0.2, 0.25) is 5.75 Å². The number of carbonyl (C=O) groups is 2. The van der Waals surface area contributed by atoms with Crippen LogP contribution in [-0.2, 0) is 9.53 Å². The van der Waals surface area contributed by atoms with Gasteiger partial charge in [0.15, 0.2) is 29.1 Å². The van der Waals surface area contributed by atoms with Gasteiger partial charge in [0.05, 0.1) is 26.9 Å². The second-order valence-electron chi connectivity index (χ2n) is 6.31. The predicted molar refractivity (Wildman–Crippen MR) is 107 cm³/mol. The molecule has 9 heteroatoms. The third-order valence-electron chi connectivity index (χ3n) is 4.36. The van der Waals surface area contributed by atoms with Crippen LogP contribution in [0.25, 0.3) is 0 Å². The maximum atomic E-state index is 12.5. The second-order valence-corrected chi connectivity index (χ2v) is 6.31. The van der Waals surface area contributed by atoms with Crippen molar-refractivity contribution in [1.29, 1.82) is 0 Å². The van der Waals surface area contributed by atoms with E-state index in [1.807, 2.05) is 0 Å². The highest BCUT2D eigenvalue weighted by Gasteiger charge is 2.23. The Kier molecular flexibility index (Phi) is 6.51. The molecule has 0 fully saturated rings. The Balaban J connectivity index is 1.68. The summed E-state index contributed by atoms with van der Waals surface area (Å²) in [5.41, 5.74) is 0.656. The quantitative estimate of drug-likeness (QED) is 0.686. The summed E-state index contributed by atoms with van der Waals surface area (Å²) >= 11 is 0. The molecule has 0 aliphatic carbocycles. The monoisotopic (exact) mass is 417 g/mol. The Morgan fingerprint density at radius 3 is 2.17 bits per heavy atom. The molecule has 3 rings (SSSR count). The summed E-state index contributed by atoms with van der Waals surface area (Å²) in [4.78, 5) is 25.0. The molecule has 1 amide bonds. The van der Waals surface area contributed by atoms with Gasteiger partial charge in [-0.15, -0.1) is 0 Å². The summed E-state index contributed by atoms with van der Waals surface area (Å²) in [5, 5.41) is 2.69. The highest BCUT2D eigenvalue weighted by atomic mass is 16.6. The topological polar surface area (TPSA) is 102 Å². The van der Waals surface area contributed by atoms with Crippen LogP contribution in [0.5, 0.6) is 28.7 Å². The molecule has 0 spiro atoms. The van der Waals surface area contributed by atoms with Crippen molar-refractivity contribution in [2.75, 3.05) is 39.9 Å². The zero-order valence-corrected chi connectivity index (χ0v) is 17.1. The minimum Gasteiger partial charge on any atom is -0.493 e. The molecule has 1 heterocycles. The number of rotatable bonds is 7. The van der Waals surface area contributed by atoms with E-state index in [4.69, 9.17) is 28.4 Å². The lowest BCUT2D eigenvalue weighted by Gasteiger charge is -2.19. The second kappa shape index (κ2) is 9.25. The molecule has 0 bridgehead atoms. The number of carbonyl (C=O) groups excluding carboxylic acids is 2. The van der Waals surface area contributed by atoms with E-state index in [1.165, 1.54) is 40.4 Å². The van der Waals surface area contributed by atoms with Gasteiger partial charge in [-0.3, -0.25) is 4.79 Å². The average Bonchev–Trinajstić information content (AvgIpc) is 2.77. The van der Waals surface area contributed by atoms with E-state index in [1.54, 1.807) is 18.2 Å². The summed E-state index contributed by atoms with van der Waals surface area (Å²) in [5.74, 6) is 0.907. The number of amides is 1. The van der Waals surface area contributed by atoms with Crippen LogP contribution in [0.3, 0.4) is 0 Å².